The Hall–Kier alpha value is -1.65. The number of hydrogen-bond donors (Lipinski definition) is 1. The van der Waals surface area contributed by atoms with Crippen molar-refractivity contribution in [3.05, 3.63) is 40.4 Å². The minimum Gasteiger partial charge on any atom is -0.493 e. The number of carbonyl (C=O) groups is 1. The maximum atomic E-state index is 10.5. The van der Waals surface area contributed by atoms with Crippen LogP contribution in [-0.2, 0) is 4.79 Å². The van der Waals surface area contributed by atoms with Crippen molar-refractivity contribution in [2.24, 2.45) is 0 Å². The van der Waals surface area contributed by atoms with E-state index in [2.05, 4.69) is 6.58 Å². The van der Waals surface area contributed by atoms with E-state index in [9.17, 15) is 4.79 Å². The zero-order valence-electron chi connectivity index (χ0n) is 10.2. The van der Waals surface area contributed by atoms with Gasteiger partial charge in [-0.2, -0.15) is 0 Å². The highest BCUT2D eigenvalue weighted by atomic mass is 35.5. The Labute approximate surface area is 120 Å². The summed E-state index contributed by atoms with van der Waals surface area (Å²) in [6.45, 7) is 3.60. The molecule has 0 unspecified atom stereocenters. The quantitative estimate of drug-likeness (QED) is 0.816. The smallest absolute Gasteiger partial charge is 0.328 e. The van der Waals surface area contributed by atoms with Gasteiger partial charge in [-0.1, -0.05) is 29.8 Å². The number of benzene rings is 1. The highest BCUT2D eigenvalue weighted by Crippen LogP contribution is 2.37. The van der Waals surface area contributed by atoms with Gasteiger partial charge in [0.15, 0.2) is 11.5 Å². The van der Waals surface area contributed by atoms with E-state index >= 15 is 0 Å². The number of methoxy groups -OCH3 is 1. The highest BCUT2D eigenvalue weighted by Gasteiger charge is 2.11. The van der Waals surface area contributed by atoms with E-state index in [1.807, 2.05) is 0 Å². The first-order valence-electron chi connectivity index (χ1n) is 5.18. The summed E-state index contributed by atoms with van der Waals surface area (Å²) in [5.74, 6) is -0.331. The van der Waals surface area contributed by atoms with Crippen LogP contribution in [0.15, 0.2) is 29.8 Å². The van der Waals surface area contributed by atoms with Crippen LogP contribution in [0.25, 0.3) is 6.08 Å². The minimum atomic E-state index is -1.05. The molecular weight excluding hydrogens is 291 g/mol. The average molecular weight is 303 g/mol. The Morgan fingerprint density at radius 1 is 1.53 bits per heavy atom. The molecule has 102 valence electrons. The summed E-state index contributed by atoms with van der Waals surface area (Å²) in [6.07, 6.45) is 2.41. The van der Waals surface area contributed by atoms with E-state index in [0.29, 0.717) is 27.1 Å². The third-order valence-corrected chi connectivity index (χ3v) is 2.43. The number of rotatable bonds is 6. The fourth-order valence-corrected chi connectivity index (χ4v) is 1.62. The molecule has 0 aromatic heterocycles. The fraction of sp³-hybridized carbons (Fsp3) is 0.154. The molecule has 4 nitrogen and oxygen atoms in total. The largest absolute Gasteiger partial charge is 0.493 e. The summed E-state index contributed by atoms with van der Waals surface area (Å²) in [4.78, 5) is 10.5. The monoisotopic (exact) mass is 302 g/mol. The highest BCUT2D eigenvalue weighted by molar-refractivity contribution is 6.32. The van der Waals surface area contributed by atoms with Gasteiger partial charge in [-0.15, -0.1) is 0 Å². The number of carboxylic acids is 1. The standard InChI is InChI=1S/C13H12Cl2O4/c1-8(14)7-19-13-10(15)5-9(3-4-12(16)17)6-11(13)18-2/h3-6H,1,7H2,2H3,(H,16,17)/b4-3+. The maximum absolute atomic E-state index is 10.5. The number of halogens is 2. The van der Waals surface area contributed by atoms with Crippen LogP contribution in [-0.4, -0.2) is 24.8 Å². The van der Waals surface area contributed by atoms with E-state index in [4.69, 9.17) is 37.8 Å². The Morgan fingerprint density at radius 3 is 2.74 bits per heavy atom. The lowest BCUT2D eigenvalue weighted by atomic mass is 10.2. The van der Waals surface area contributed by atoms with E-state index in [0.717, 1.165) is 6.08 Å². The van der Waals surface area contributed by atoms with Crippen molar-refractivity contribution in [2.45, 2.75) is 0 Å². The molecule has 19 heavy (non-hydrogen) atoms. The van der Waals surface area contributed by atoms with Crippen LogP contribution in [0.1, 0.15) is 5.56 Å². The van der Waals surface area contributed by atoms with Crippen molar-refractivity contribution >= 4 is 35.2 Å². The predicted molar refractivity (Wildman–Crippen MR) is 75.2 cm³/mol. The van der Waals surface area contributed by atoms with Crippen molar-refractivity contribution in [3.63, 3.8) is 0 Å². The molecule has 1 aromatic rings. The first kappa shape index (κ1) is 15.4. The molecule has 0 aliphatic rings. The molecule has 0 amide bonds. The minimum absolute atomic E-state index is 0.0992. The van der Waals surface area contributed by atoms with E-state index in [1.54, 1.807) is 12.1 Å². The van der Waals surface area contributed by atoms with Crippen LogP contribution in [0.4, 0.5) is 0 Å². The Kier molecular flexibility index (Phi) is 5.73. The van der Waals surface area contributed by atoms with Crippen LogP contribution in [0.5, 0.6) is 11.5 Å². The summed E-state index contributed by atoms with van der Waals surface area (Å²) in [7, 11) is 1.46. The Morgan fingerprint density at radius 2 is 2.21 bits per heavy atom. The third-order valence-electron chi connectivity index (χ3n) is 2.04. The molecule has 0 heterocycles. The molecule has 0 radical (unpaired) electrons. The summed E-state index contributed by atoms with van der Waals surface area (Å²) in [5.41, 5.74) is 0.585. The van der Waals surface area contributed by atoms with E-state index in [1.165, 1.54) is 13.2 Å². The van der Waals surface area contributed by atoms with Gasteiger partial charge in [-0.25, -0.2) is 4.79 Å². The van der Waals surface area contributed by atoms with Gasteiger partial charge in [0, 0.05) is 11.1 Å². The number of carboxylic acid groups (broad SMARTS) is 1. The topological polar surface area (TPSA) is 55.8 Å². The van der Waals surface area contributed by atoms with Gasteiger partial charge in [-0.3, -0.25) is 0 Å². The SMILES string of the molecule is C=C(Cl)COc1c(Cl)cc(/C=C/C(=O)O)cc1OC. The zero-order chi connectivity index (χ0) is 14.4. The predicted octanol–water partition coefficient (Wildman–Crippen LogP) is 3.58. The van der Waals surface area contributed by atoms with Gasteiger partial charge in [0.1, 0.15) is 6.61 Å². The molecule has 0 bridgehead atoms. The van der Waals surface area contributed by atoms with Gasteiger partial charge in [-0.05, 0) is 23.8 Å². The van der Waals surface area contributed by atoms with Crippen molar-refractivity contribution in [2.75, 3.05) is 13.7 Å². The summed E-state index contributed by atoms with van der Waals surface area (Å²) >= 11 is 11.7. The number of hydrogen-bond acceptors (Lipinski definition) is 3. The second-order valence-electron chi connectivity index (χ2n) is 3.51. The van der Waals surface area contributed by atoms with Crippen LogP contribution >= 0.6 is 23.2 Å². The van der Waals surface area contributed by atoms with Crippen LogP contribution < -0.4 is 9.47 Å². The summed E-state index contributed by atoms with van der Waals surface area (Å²) in [6, 6.07) is 3.17. The molecule has 1 aromatic carbocycles. The normalized spacial score (nSPS) is 10.5. The second-order valence-corrected chi connectivity index (χ2v) is 4.45. The number of aliphatic carboxylic acids is 1. The molecule has 0 spiro atoms. The van der Waals surface area contributed by atoms with Crippen molar-refractivity contribution in [1.82, 2.24) is 0 Å². The van der Waals surface area contributed by atoms with Gasteiger partial charge >= 0.3 is 5.97 Å². The zero-order valence-corrected chi connectivity index (χ0v) is 11.7. The average Bonchev–Trinajstić information content (AvgIpc) is 2.34. The van der Waals surface area contributed by atoms with Gasteiger partial charge < -0.3 is 14.6 Å². The van der Waals surface area contributed by atoms with E-state index < -0.39 is 5.97 Å². The first-order valence-corrected chi connectivity index (χ1v) is 5.94. The van der Waals surface area contributed by atoms with Crippen LogP contribution in [0.3, 0.4) is 0 Å². The van der Waals surface area contributed by atoms with Gasteiger partial charge in [0.25, 0.3) is 0 Å². The molecule has 0 aliphatic carbocycles. The van der Waals surface area contributed by atoms with Gasteiger partial charge in [0.2, 0.25) is 0 Å². The summed E-state index contributed by atoms with van der Waals surface area (Å²) in [5, 5.41) is 9.19. The van der Waals surface area contributed by atoms with Gasteiger partial charge in [0.05, 0.1) is 12.1 Å². The van der Waals surface area contributed by atoms with Crippen molar-refractivity contribution < 1.29 is 19.4 Å². The Bertz CT molecular complexity index is 524. The Balaban J connectivity index is 3.07. The summed E-state index contributed by atoms with van der Waals surface area (Å²) < 4.78 is 10.5. The first-order chi connectivity index (χ1) is 8.93. The lowest BCUT2D eigenvalue weighted by Crippen LogP contribution is -2.00. The molecule has 1 rings (SSSR count). The lowest BCUT2D eigenvalue weighted by molar-refractivity contribution is -0.131. The van der Waals surface area contributed by atoms with Crippen molar-refractivity contribution in [3.8, 4) is 11.5 Å². The lowest BCUT2D eigenvalue weighted by Gasteiger charge is -2.12. The molecule has 0 aliphatic heterocycles. The molecule has 0 fully saturated rings. The number of ether oxygens (including phenoxy) is 2. The van der Waals surface area contributed by atoms with Crippen LogP contribution in [0.2, 0.25) is 5.02 Å². The molecule has 6 heteroatoms. The molecular formula is C13H12Cl2O4. The fourth-order valence-electron chi connectivity index (χ4n) is 1.29. The maximum Gasteiger partial charge on any atom is 0.328 e. The molecule has 0 saturated carbocycles. The second kappa shape index (κ2) is 7.07. The van der Waals surface area contributed by atoms with Crippen LogP contribution in [0, 0.1) is 0 Å². The molecule has 0 atom stereocenters. The molecule has 1 N–H and O–H groups in total. The molecule has 0 saturated heterocycles. The van der Waals surface area contributed by atoms with Crippen molar-refractivity contribution in [1.29, 1.82) is 0 Å². The third kappa shape index (κ3) is 4.85. The van der Waals surface area contributed by atoms with E-state index in [-0.39, 0.29) is 6.61 Å².